The van der Waals surface area contributed by atoms with E-state index in [0.717, 1.165) is 44.6 Å². The molecule has 0 unspecified atom stereocenters. The third-order valence-corrected chi connectivity index (χ3v) is 6.94. The molecule has 0 aliphatic carbocycles. The van der Waals surface area contributed by atoms with Crippen molar-refractivity contribution < 1.29 is 9.53 Å². The summed E-state index contributed by atoms with van der Waals surface area (Å²) in [5, 5.41) is 2.78. The fourth-order valence-corrected chi connectivity index (χ4v) is 5.40. The van der Waals surface area contributed by atoms with Crippen molar-refractivity contribution in [2.45, 2.75) is 50.7 Å². The van der Waals surface area contributed by atoms with E-state index in [1.54, 1.807) is 7.05 Å². The molecule has 2 aliphatic heterocycles. The number of likely N-dealkylation sites (tertiary alicyclic amines) is 1. The van der Waals surface area contributed by atoms with Crippen LogP contribution in [0.4, 0.5) is 0 Å². The number of amides is 1. The number of thiophene rings is 1. The van der Waals surface area contributed by atoms with E-state index in [-0.39, 0.29) is 17.4 Å². The van der Waals surface area contributed by atoms with Gasteiger partial charge in [0.2, 0.25) is 5.91 Å². The Labute approximate surface area is 165 Å². The average molecular weight is 385 g/mol. The summed E-state index contributed by atoms with van der Waals surface area (Å²) in [4.78, 5) is 17.4. The molecular weight excluding hydrogens is 356 g/mol. The molecule has 2 aliphatic rings. The van der Waals surface area contributed by atoms with E-state index in [1.165, 1.54) is 15.3 Å². The maximum Gasteiger partial charge on any atom is 0.220 e. The number of aryl methyl sites for hydroxylation is 1. The Balaban J connectivity index is 1.46. The first kappa shape index (κ1) is 18.5. The second-order valence-electron chi connectivity index (χ2n) is 7.89. The van der Waals surface area contributed by atoms with Crippen molar-refractivity contribution in [2.24, 2.45) is 0 Å². The quantitative estimate of drug-likeness (QED) is 0.863. The Bertz CT molecular complexity index is 808. The van der Waals surface area contributed by atoms with Crippen LogP contribution in [0.3, 0.4) is 0 Å². The highest BCUT2D eigenvalue weighted by Gasteiger charge is 2.43. The molecule has 3 heterocycles. The minimum Gasteiger partial charge on any atom is -0.487 e. The highest BCUT2D eigenvalue weighted by atomic mass is 32.1. The summed E-state index contributed by atoms with van der Waals surface area (Å²) in [5.41, 5.74) is 1.05. The lowest BCUT2D eigenvalue weighted by molar-refractivity contribution is -0.121. The average Bonchev–Trinajstić information content (AvgIpc) is 3.08. The molecule has 2 aromatic rings. The standard InChI is InChI=1S/C22H28N2O2S/c1-16-7-8-18(27-16)15-24-11-9-22(10-12-24)14-17(13-21(25)23-2)19-5-3-4-6-20(19)26-22/h3-8,17H,9-15H2,1-2H3,(H,23,25)/t17-/m1/s1. The number of hydrogen-bond donors (Lipinski definition) is 1. The van der Waals surface area contributed by atoms with Crippen molar-refractivity contribution in [3.63, 3.8) is 0 Å². The number of rotatable bonds is 4. The van der Waals surface area contributed by atoms with Crippen LogP contribution >= 0.6 is 11.3 Å². The van der Waals surface area contributed by atoms with E-state index in [2.05, 4.69) is 41.4 Å². The van der Waals surface area contributed by atoms with Gasteiger partial charge in [0.1, 0.15) is 11.4 Å². The molecule has 1 aromatic carbocycles. The van der Waals surface area contributed by atoms with Crippen molar-refractivity contribution in [2.75, 3.05) is 20.1 Å². The van der Waals surface area contributed by atoms with Crippen LogP contribution in [0, 0.1) is 6.92 Å². The molecule has 1 fully saturated rings. The summed E-state index contributed by atoms with van der Waals surface area (Å²) in [6, 6.07) is 12.7. The summed E-state index contributed by atoms with van der Waals surface area (Å²) in [6.45, 7) is 5.30. The monoisotopic (exact) mass is 384 g/mol. The first-order chi connectivity index (χ1) is 13.1. The zero-order valence-corrected chi connectivity index (χ0v) is 17.0. The minimum atomic E-state index is -0.130. The Morgan fingerprint density at radius 2 is 2.04 bits per heavy atom. The van der Waals surface area contributed by atoms with Crippen molar-refractivity contribution in [1.29, 1.82) is 0 Å². The largest absolute Gasteiger partial charge is 0.487 e. The second-order valence-corrected chi connectivity index (χ2v) is 9.26. The highest BCUT2D eigenvalue weighted by Crippen LogP contribution is 2.46. The molecule has 0 bridgehead atoms. The van der Waals surface area contributed by atoms with Crippen LogP contribution in [-0.2, 0) is 11.3 Å². The number of fused-ring (bicyclic) bond motifs is 1. The molecule has 1 N–H and O–H groups in total. The molecule has 0 saturated carbocycles. The first-order valence-electron chi connectivity index (χ1n) is 9.83. The molecule has 1 saturated heterocycles. The number of carbonyl (C=O) groups is 1. The SMILES string of the molecule is CNC(=O)C[C@@H]1CC2(CCN(Cc3ccc(C)s3)CC2)Oc2ccccc21. The minimum absolute atomic E-state index is 0.109. The van der Waals surface area contributed by atoms with Crippen molar-refractivity contribution >= 4 is 17.2 Å². The van der Waals surface area contributed by atoms with Gasteiger partial charge in [-0.3, -0.25) is 9.69 Å². The van der Waals surface area contributed by atoms with Crippen LogP contribution in [0.1, 0.15) is 46.9 Å². The lowest BCUT2D eigenvalue weighted by atomic mass is 9.76. The van der Waals surface area contributed by atoms with Crippen LogP contribution < -0.4 is 10.1 Å². The Kier molecular flexibility index (Phi) is 5.24. The zero-order chi connectivity index (χ0) is 18.9. The van der Waals surface area contributed by atoms with Gasteiger partial charge in [0.15, 0.2) is 0 Å². The van der Waals surface area contributed by atoms with Crippen LogP contribution in [0.2, 0.25) is 0 Å². The number of carbonyl (C=O) groups excluding carboxylic acids is 1. The molecule has 1 amide bonds. The number of benzene rings is 1. The molecule has 5 heteroatoms. The van der Waals surface area contributed by atoms with Gasteiger partial charge in [-0.15, -0.1) is 11.3 Å². The fourth-order valence-electron chi connectivity index (χ4n) is 4.47. The summed E-state index contributed by atoms with van der Waals surface area (Å²) in [7, 11) is 1.72. The Hall–Kier alpha value is -1.85. The maximum atomic E-state index is 12.1. The first-order valence-corrected chi connectivity index (χ1v) is 10.6. The van der Waals surface area contributed by atoms with Gasteiger partial charge in [-0.25, -0.2) is 0 Å². The summed E-state index contributed by atoms with van der Waals surface area (Å²) in [6.07, 6.45) is 3.52. The van der Waals surface area contributed by atoms with Crippen molar-refractivity contribution in [3.8, 4) is 5.75 Å². The predicted octanol–water partition coefficient (Wildman–Crippen LogP) is 4.09. The number of piperidine rings is 1. The fraction of sp³-hybridized carbons (Fsp3) is 0.500. The molecule has 144 valence electrons. The summed E-state index contributed by atoms with van der Waals surface area (Å²) in [5.74, 6) is 1.32. The molecular formula is C22H28N2O2S. The number of nitrogens with one attached hydrogen (secondary N) is 1. The van der Waals surface area contributed by atoms with E-state index < -0.39 is 0 Å². The molecule has 4 rings (SSSR count). The van der Waals surface area contributed by atoms with E-state index in [9.17, 15) is 4.79 Å². The number of para-hydroxylation sites is 1. The van der Waals surface area contributed by atoms with Gasteiger partial charge in [0, 0.05) is 48.8 Å². The van der Waals surface area contributed by atoms with Crippen LogP contribution in [-0.4, -0.2) is 36.5 Å². The number of hydrogen-bond acceptors (Lipinski definition) is 4. The van der Waals surface area contributed by atoms with Crippen LogP contribution in [0.15, 0.2) is 36.4 Å². The van der Waals surface area contributed by atoms with Crippen LogP contribution in [0.5, 0.6) is 5.75 Å². The van der Waals surface area contributed by atoms with E-state index in [0.29, 0.717) is 6.42 Å². The summed E-state index contributed by atoms with van der Waals surface area (Å²) < 4.78 is 6.55. The van der Waals surface area contributed by atoms with Gasteiger partial charge in [-0.05, 0) is 49.9 Å². The van der Waals surface area contributed by atoms with Gasteiger partial charge < -0.3 is 10.1 Å². The molecule has 4 nitrogen and oxygen atoms in total. The maximum absolute atomic E-state index is 12.1. The Morgan fingerprint density at radius 1 is 1.26 bits per heavy atom. The lowest BCUT2D eigenvalue weighted by Crippen LogP contribution is -2.50. The molecule has 27 heavy (non-hydrogen) atoms. The van der Waals surface area contributed by atoms with E-state index in [1.807, 2.05) is 23.5 Å². The lowest BCUT2D eigenvalue weighted by Gasteiger charge is -2.47. The van der Waals surface area contributed by atoms with Crippen LogP contribution in [0.25, 0.3) is 0 Å². The van der Waals surface area contributed by atoms with Gasteiger partial charge >= 0.3 is 0 Å². The zero-order valence-electron chi connectivity index (χ0n) is 16.2. The highest BCUT2D eigenvalue weighted by molar-refractivity contribution is 7.11. The molecule has 0 radical (unpaired) electrons. The third kappa shape index (κ3) is 4.04. The van der Waals surface area contributed by atoms with Gasteiger partial charge in [-0.1, -0.05) is 18.2 Å². The van der Waals surface area contributed by atoms with Gasteiger partial charge in [0.05, 0.1) is 0 Å². The topological polar surface area (TPSA) is 41.6 Å². The molecule has 1 spiro atoms. The van der Waals surface area contributed by atoms with E-state index in [4.69, 9.17) is 4.74 Å². The third-order valence-electron chi connectivity index (χ3n) is 5.96. The summed E-state index contributed by atoms with van der Waals surface area (Å²) >= 11 is 1.89. The molecule has 1 atom stereocenters. The predicted molar refractivity (Wildman–Crippen MR) is 109 cm³/mol. The van der Waals surface area contributed by atoms with Gasteiger partial charge in [-0.2, -0.15) is 0 Å². The second kappa shape index (κ2) is 7.64. The number of ether oxygens (including phenoxy) is 1. The van der Waals surface area contributed by atoms with E-state index >= 15 is 0 Å². The smallest absolute Gasteiger partial charge is 0.220 e. The molecule has 1 aromatic heterocycles. The van der Waals surface area contributed by atoms with Crippen molar-refractivity contribution in [3.05, 3.63) is 51.7 Å². The normalized spacial score (nSPS) is 21.5. The van der Waals surface area contributed by atoms with Crippen molar-refractivity contribution in [1.82, 2.24) is 10.2 Å². The number of nitrogens with zero attached hydrogens (tertiary/aromatic N) is 1. The van der Waals surface area contributed by atoms with Gasteiger partial charge in [0.25, 0.3) is 0 Å². The Morgan fingerprint density at radius 3 is 2.74 bits per heavy atom.